The Morgan fingerprint density at radius 2 is 1.90 bits per heavy atom. The Labute approximate surface area is 125 Å². The number of pyridine rings is 1. The lowest BCUT2D eigenvalue weighted by atomic mass is 10.2. The molecule has 1 aromatic heterocycles. The molecule has 4 heteroatoms. The van der Waals surface area contributed by atoms with E-state index < -0.39 is 0 Å². The zero-order chi connectivity index (χ0) is 13.9. The molecule has 100 valence electrons. The third-order valence-corrected chi connectivity index (χ3v) is 4.31. The lowest BCUT2D eigenvalue weighted by Crippen LogP contribution is -1.88. The summed E-state index contributed by atoms with van der Waals surface area (Å²) in [5.41, 5.74) is 1.84. The first-order valence-corrected chi connectivity index (χ1v) is 7.51. The van der Waals surface area contributed by atoms with E-state index in [1.807, 2.05) is 36.4 Å². The van der Waals surface area contributed by atoms with E-state index in [-0.39, 0.29) is 5.82 Å². The summed E-state index contributed by atoms with van der Waals surface area (Å²) < 4.78 is 13.1. The van der Waals surface area contributed by atoms with Gasteiger partial charge in [0, 0.05) is 21.6 Å². The van der Waals surface area contributed by atoms with Crippen molar-refractivity contribution < 1.29 is 4.39 Å². The first-order chi connectivity index (χ1) is 9.72. The molecule has 0 aliphatic carbocycles. The van der Waals surface area contributed by atoms with E-state index in [1.165, 1.54) is 12.1 Å². The quantitative estimate of drug-likeness (QED) is 0.480. The van der Waals surface area contributed by atoms with E-state index >= 15 is 0 Å². The summed E-state index contributed by atoms with van der Waals surface area (Å²) in [5.74, 6) is 0.442. The van der Waals surface area contributed by atoms with E-state index in [0.717, 1.165) is 21.4 Å². The Morgan fingerprint density at radius 1 is 1.05 bits per heavy atom. The van der Waals surface area contributed by atoms with Gasteiger partial charge in [0.15, 0.2) is 0 Å². The summed E-state index contributed by atoms with van der Waals surface area (Å²) in [7, 11) is 0. The van der Waals surface area contributed by atoms with Gasteiger partial charge in [0.25, 0.3) is 0 Å². The highest BCUT2D eigenvalue weighted by molar-refractivity contribution is 7.98. The van der Waals surface area contributed by atoms with Crippen LogP contribution in [0.5, 0.6) is 0 Å². The number of fused-ring (bicyclic) bond motifs is 1. The number of hydrogen-bond donors (Lipinski definition) is 0. The molecule has 0 amide bonds. The van der Waals surface area contributed by atoms with Crippen LogP contribution in [0.4, 0.5) is 4.39 Å². The number of rotatable bonds is 3. The summed E-state index contributed by atoms with van der Waals surface area (Å²) in [5, 5.41) is 1.57. The topological polar surface area (TPSA) is 12.9 Å². The van der Waals surface area contributed by atoms with Crippen LogP contribution in [0.15, 0.2) is 59.5 Å². The fraction of sp³-hybridized carbons (Fsp3) is 0.0625. The van der Waals surface area contributed by atoms with Crippen molar-refractivity contribution in [3.05, 3.63) is 71.1 Å². The van der Waals surface area contributed by atoms with Crippen molar-refractivity contribution in [1.29, 1.82) is 0 Å². The van der Waals surface area contributed by atoms with Crippen LogP contribution < -0.4 is 0 Å². The molecular weight excluding hydrogens is 293 g/mol. The molecule has 0 spiro atoms. The monoisotopic (exact) mass is 303 g/mol. The Hall–Kier alpha value is -1.58. The minimum atomic E-state index is -0.224. The Kier molecular flexibility index (Phi) is 3.90. The molecule has 20 heavy (non-hydrogen) atoms. The highest BCUT2D eigenvalue weighted by Crippen LogP contribution is 2.28. The largest absolute Gasteiger partial charge is 0.236 e. The molecule has 0 fully saturated rings. The standard InChI is InChI=1S/C16H11ClFNS/c17-16-12(8-11-4-1-2-7-15(11)19-16)10-20-14-6-3-5-13(18)9-14/h1-9H,10H2. The van der Waals surface area contributed by atoms with Gasteiger partial charge in [0.2, 0.25) is 0 Å². The molecule has 0 radical (unpaired) electrons. The lowest BCUT2D eigenvalue weighted by Gasteiger charge is -2.06. The third kappa shape index (κ3) is 2.94. The van der Waals surface area contributed by atoms with Crippen molar-refractivity contribution in [3.8, 4) is 0 Å². The number of halogens is 2. The van der Waals surface area contributed by atoms with Crippen molar-refractivity contribution >= 4 is 34.3 Å². The molecule has 0 unspecified atom stereocenters. The molecule has 3 aromatic rings. The molecule has 3 rings (SSSR count). The van der Waals surface area contributed by atoms with Crippen LogP contribution in [0.2, 0.25) is 5.15 Å². The summed E-state index contributed by atoms with van der Waals surface area (Å²) >= 11 is 7.75. The van der Waals surface area contributed by atoms with E-state index in [1.54, 1.807) is 17.8 Å². The minimum Gasteiger partial charge on any atom is -0.236 e. The number of para-hydroxylation sites is 1. The van der Waals surface area contributed by atoms with Gasteiger partial charge in [0.1, 0.15) is 11.0 Å². The predicted octanol–water partition coefficient (Wildman–Crippen LogP) is 5.32. The second-order valence-electron chi connectivity index (χ2n) is 4.38. The summed E-state index contributed by atoms with van der Waals surface area (Å²) in [6.07, 6.45) is 0. The maximum Gasteiger partial charge on any atom is 0.133 e. The van der Waals surface area contributed by atoms with Gasteiger partial charge < -0.3 is 0 Å². The van der Waals surface area contributed by atoms with Crippen molar-refractivity contribution in [2.45, 2.75) is 10.6 Å². The van der Waals surface area contributed by atoms with E-state index in [9.17, 15) is 4.39 Å². The highest BCUT2D eigenvalue weighted by atomic mass is 35.5. The van der Waals surface area contributed by atoms with Gasteiger partial charge in [-0.25, -0.2) is 9.37 Å². The summed E-state index contributed by atoms with van der Waals surface area (Å²) in [6.45, 7) is 0. The van der Waals surface area contributed by atoms with Crippen LogP contribution in [-0.4, -0.2) is 4.98 Å². The molecule has 0 aliphatic rings. The Balaban J connectivity index is 1.85. The zero-order valence-electron chi connectivity index (χ0n) is 10.5. The lowest BCUT2D eigenvalue weighted by molar-refractivity contribution is 0.624. The smallest absolute Gasteiger partial charge is 0.133 e. The van der Waals surface area contributed by atoms with Gasteiger partial charge in [-0.15, -0.1) is 11.8 Å². The first kappa shape index (κ1) is 13.4. The summed E-state index contributed by atoms with van der Waals surface area (Å²) in [4.78, 5) is 5.27. The Bertz CT molecular complexity index is 760. The molecule has 0 bridgehead atoms. The van der Waals surface area contributed by atoms with Gasteiger partial charge in [-0.2, -0.15) is 0 Å². The maximum atomic E-state index is 13.1. The normalized spacial score (nSPS) is 10.9. The van der Waals surface area contributed by atoms with E-state index in [4.69, 9.17) is 11.6 Å². The highest BCUT2D eigenvalue weighted by Gasteiger charge is 2.06. The number of hydrogen-bond acceptors (Lipinski definition) is 2. The van der Waals surface area contributed by atoms with E-state index in [0.29, 0.717) is 10.9 Å². The van der Waals surface area contributed by atoms with Crippen molar-refractivity contribution in [3.63, 3.8) is 0 Å². The minimum absolute atomic E-state index is 0.224. The van der Waals surface area contributed by atoms with Gasteiger partial charge in [-0.05, 0) is 30.3 Å². The van der Waals surface area contributed by atoms with Crippen molar-refractivity contribution in [1.82, 2.24) is 4.98 Å². The first-order valence-electron chi connectivity index (χ1n) is 6.15. The molecule has 1 nitrogen and oxygen atoms in total. The summed E-state index contributed by atoms with van der Waals surface area (Å²) in [6, 6.07) is 16.4. The van der Waals surface area contributed by atoms with Gasteiger partial charge >= 0.3 is 0 Å². The van der Waals surface area contributed by atoms with Crippen LogP contribution in [0, 0.1) is 5.82 Å². The van der Waals surface area contributed by atoms with Crippen LogP contribution in [0.25, 0.3) is 10.9 Å². The van der Waals surface area contributed by atoms with Crippen LogP contribution >= 0.6 is 23.4 Å². The Morgan fingerprint density at radius 3 is 2.75 bits per heavy atom. The SMILES string of the molecule is Fc1cccc(SCc2cc3ccccc3nc2Cl)c1. The molecule has 0 N–H and O–H groups in total. The molecule has 0 saturated carbocycles. The van der Waals surface area contributed by atoms with Crippen LogP contribution in [0.3, 0.4) is 0 Å². The number of nitrogens with zero attached hydrogens (tertiary/aromatic N) is 1. The predicted molar refractivity (Wildman–Crippen MR) is 82.7 cm³/mol. The van der Waals surface area contributed by atoms with Crippen molar-refractivity contribution in [2.24, 2.45) is 0 Å². The van der Waals surface area contributed by atoms with E-state index in [2.05, 4.69) is 4.98 Å². The maximum absolute atomic E-state index is 13.1. The van der Waals surface area contributed by atoms with Crippen LogP contribution in [0.1, 0.15) is 5.56 Å². The third-order valence-electron chi connectivity index (χ3n) is 2.94. The zero-order valence-corrected chi connectivity index (χ0v) is 12.1. The molecular formula is C16H11ClFNS. The molecule has 2 aromatic carbocycles. The van der Waals surface area contributed by atoms with Gasteiger partial charge in [-0.3, -0.25) is 0 Å². The molecule has 0 aliphatic heterocycles. The van der Waals surface area contributed by atoms with Crippen LogP contribution in [-0.2, 0) is 5.75 Å². The number of benzene rings is 2. The number of thioether (sulfide) groups is 1. The van der Waals surface area contributed by atoms with Gasteiger partial charge in [0.05, 0.1) is 5.52 Å². The molecule has 0 atom stereocenters. The average Bonchev–Trinajstić information content (AvgIpc) is 2.45. The fourth-order valence-corrected chi connectivity index (χ4v) is 3.16. The average molecular weight is 304 g/mol. The fourth-order valence-electron chi connectivity index (χ4n) is 1.96. The molecule has 1 heterocycles. The molecule has 0 saturated heterocycles. The van der Waals surface area contributed by atoms with Crippen molar-refractivity contribution in [2.75, 3.05) is 0 Å². The second kappa shape index (κ2) is 5.81. The van der Waals surface area contributed by atoms with Gasteiger partial charge in [-0.1, -0.05) is 35.9 Å². The number of aromatic nitrogens is 1. The second-order valence-corrected chi connectivity index (χ2v) is 5.78.